The molecule has 33 heavy (non-hydrogen) atoms. The Kier molecular flexibility index (Phi) is 8.99. The molecule has 3 rings (SSSR count). The Hall–Kier alpha value is -2.75. The van der Waals surface area contributed by atoms with Gasteiger partial charge in [-0.1, -0.05) is 19.1 Å². The molecule has 1 unspecified atom stereocenters. The molecule has 0 radical (unpaired) electrons. The molecule has 180 valence electrons. The maximum atomic E-state index is 13.1. The summed E-state index contributed by atoms with van der Waals surface area (Å²) in [5, 5.41) is 0.793. The van der Waals surface area contributed by atoms with E-state index in [1.807, 2.05) is 4.90 Å². The third-order valence-corrected chi connectivity index (χ3v) is 6.62. The maximum absolute atomic E-state index is 13.1. The van der Waals surface area contributed by atoms with Crippen molar-refractivity contribution in [3.8, 4) is 0 Å². The van der Waals surface area contributed by atoms with Crippen molar-refractivity contribution in [3.05, 3.63) is 41.5 Å². The van der Waals surface area contributed by atoms with Crippen molar-refractivity contribution in [2.45, 2.75) is 46.1 Å². The largest absolute Gasteiger partial charge is 0.450 e. The number of rotatable bonds is 9. The van der Waals surface area contributed by atoms with Crippen molar-refractivity contribution in [2.75, 3.05) is 44.2 Å². The van der Waals surface area contributed by atoms with Gasteiger partial charge >= 0.3 is 6.09 Å². The minimum Gasteiger partial charge on any atom is -0.450 e. The zero-order valence-electron chi connectivity index (χ0n) is 19.5. The molecule has 1 saturated heterocycles. The van der Waals surface area contributed by atoms with Crippen LogP contribution in [0.5, 0.6) is 0 Å². The number of anilines is 1. The van der Waals surface area contributed by atoms with E-state index in [1.54, 1.807) is 24.0 Å². The average molecular weight is 478 g/mol. The van der Waals surface area contributed by atoms with Gasteiger partial charge in [-0.2, -0.15) is 4.37 Å². The normalized spacial score (nSPS) is 14.8. The Labute approximate surface area is 198 Å². The summed E-state index contributed by atoms with van der Waals surface area (Å²) in [6.07, 6.45) is 1.50. The summed E-state index contributed by atoms with van der Waals surface area (Å²) in [5.74, 6) is 0.500. The Bertz CT molecular complexity index is 915. The number of amides is 2. The van der Waals surface area contributed by atoms with E-state index in [4.69, 9.17) is 9.72 Å². The van der Waals surface area contributed by atoms with Crippen molar-refractivity contribution in [1.29, 1.82) is 0 Å². The van der Waals surface area contributed by atoms with Crippen LogP contribution in [0.3, 0.4) is 0 Å². The second kappa shape index (κ2) is 11.9. The Morgan fingerprint density at radius 2 is 1.82 bits per heavy atom. The minimum absolute atomic E-state index is 0.0721. The summed E-state index contributed by atoms with van der Waals surface area (Å²) < 4.78 is 22.7. The predicted molar refractivity (Wildman–Crippen MR) is 126 cm³/mol. The highest BCUT2D eigenvalue weighted by molar-refractivity contribution is 7.09. The lowest BCUT2D eigenvalue weighted by Gasteiger charge is -2.35. The fourth-order valence-electron chi connectivity index (χ4n) is 3.67. The van der Waals surface area contributed by atoms with E-state index >= 15 is 0 Å². The third kappa shape index (κ3) is 6.86. The third-order valence-electron chi connectivity index (χ3n) is 5.83. The molecule has 1 fully saturated rings. The van der Waals surface area contributed by atoms with Gasteiger partial charge in [-0.05, 0) is 38.0 Å². The SMILES string of the molecule is CCOC(=O)N1CCN(C(=O)CCN(c2nc(Cc3ccc(F)cc3)ns2)C(C)CC)CC1. The number of halogens is 1. The molecule has 2 amide bonds. The molecule has 10 heteroatoms. The van der Waals surface area contributed by atoms with Crippen molar-refractivity contribution in [1.82, 2.24) is 19.2 Å². The number of piperazine rings is 1. The number of benzene rings is 1. The monoisotopic (exact) mass is 477 g/mol. The van der Waals surface area contributed by atoms with E-state index < -0.39 is 0 Å². The first-order valence-electron chi connectivity index (χ1n) is 11.4. The van der Waals surface area contributed by atoms with Crippen molar-refractivity contribution < 1.29 is 18.7 Å². The molecule has 2 aromatic rings. The van der Waals surface area contributed by atoms with Crippen LogP contribution in [0.4, 0.5) is 14.3 Å². The molecular weight excluding hydrogens is 445 g/mol. The zero-order chi connectivity index (χ0) is 23.8. The van der Waals surface area contributed by atoms with Gasteiger partial charge in [-0.3, -0.25) is 4.79 Å². The Morgan fingerprint density at radius 3 is 2.45 bits per heavy atom. The number of hydrogen-bond acceptors (Lipinski definition) is 7. The van der Waals surface area contributed by atoms with Crippen LogP contribution in [-0.2, 0) is 16.0 Å². The van der Waals surface area contributed by atoms with Gasteiger partial charge in [-0.25, -0.2) is 14.2 Å². The molecule has 1 aliphatic rings. The van der Waals surface area contributed by atoms with Crippen molar-refractivity contribution in [3.63, 3.8) is 0 Å². The molecule has 0 saturated carbocycles. The fourth-order valence-corrected chi connectivity index (χ4v) is 4.49. The van der Waals surface area contributed by atoms with E-state index in [2.05, 4.69) is 23.1 Å². The minimum atomic E-state index is -0.319. The van der Waals surface area contributed by atoms with E-state index in [0.717, 1.165) is 17.1 Å². The van der Waals surface area contributed by atoms with Crippen LogP contribution in [0.2, 0.25) is 0 Å². The highest BCUT2D eigenvalue weighted by Gasteiger charge is 2.26. The molecule has 0 spiro atoms. The van der Waals surface area contributed by atoms with Gasteiger partial charge in [0.1, 0.15) is 11.6 Å². The summed E-state index contributed by atoms with van der Waals surface area (Å²) in [6.45, 7) is 8.91. The molecular formula is C23H32FN5O3S. The molecule has 0 N–H and O–H groups in total. The van der Waals surface area contributed by atoms with Gasteiger partial charge in [0.15, 0.2) is 0 Å². The topological polar surface area (TPSA) is 78.9 Å². The molecule has 1 aromatic carbocycles. The van der Waals surface area contributed by atoms with Crippen LogP contribution in [0.1, 0.15) is 45.0 Å². The summed E-state index contributed by atoms with van der Waals surface area (Å²) in [7, 11) is 0. The van der Waals surface area contributed by atoms with E-state index in [1.165, 1.54) is 23.7 Å². The van der Waals surface area contributed by atoms with Crippen LogP contribution < -0.4 is 4.90 Å². The van der Waals surface area contributed by atoms with E-state index in [9.17, 15) is 14.0 Å². The molecule has 1 aromatic heterocycles. The first-order chi connectivity index (χ1) is 15.9. The van der Waals surface area contributed by atoms with Gasteiger partial charge in [0.2, 0.25) is 11.0 Å². The molecule has 1 aliphatic heterocycles. The summed E-state index contributed by atoms with van der Waals surface area (Å²) in [5.41, 5.74) is 0.952. The maximum Gasteiger partial charge on any atom is 0.409 e. The lowest BCUT2D eigenvalue weighted by Crippen LogP contribution is -2.51. The first kappa shape index (κ1) is 24.9. The van der Waals surface area contributed by atoms with Gasteiger partial charge in [0, 0.05) is 63.1 Å². The molecule has 8 nitrogen and oxygen atoms in total. The van der Waals surface area contributed by atoms with Gasteiger partial charge in [0.05, 0.1) is 6.61 Å². The summed E-state index contributed by atoms with van der Waals surface area (Å²) >= 11 is 1.33. The molecule has 0 bridgehead atoms. The van der Waals surface area contributed by atoms with Crippen LogP contribution in [0.25, 0.3) is 0 Å². The lowest BCUT2D eigenvalue weighted by atomic mass is 10.1. The summed E-state index contributed by atoms with van der Waals surface area (Å²) in [6, 6.07) is 6.56. The van der Waals surface area contributed by atoms with Crippen LogP contribution in [-0.4, -0.2) is 76.5 Å². The predicted octanol–water partition coefficient (Wildman–Crippen LogP) is 3.56. The van der Waals surface area contributed by atoms with Crippen molar-refractivity contribution in [2.24, 2.45) is 0 Å². The summed E-state index contributed by atoms with van der Waals surface area (Å²) in [4.78, 5) is 35.0. The molecule has 1 atom stereocenters. The van der Waals surface area contributed by atoms with Crippen LogP contribution in [0.15, 0.2) is 24.3 Å². The number of carbonyl (C=O) groups is 2. The second-order valence-corrected chi connectivity index (χ2v) is 8.79. The van der Waals surface area contributed by atoms with E-state index in [-0.39, 0.29) is 23.9 Å². The first-order valence-corrected chi connectivity index (χ1v) is 12.2. The fraction of sp³-hybridized carbons (Fsp3) is 0.565. The quantitative estimate of drug-likeness (QED) is 0.550. The lowest BCUT2D eigenvalue weighted by molar-refractivity contribution is -0.132. The number of nitrogens with zero attached hydrogens (tertiary/aromatic N) is 5. The Morgan fingerprint density at radius 1 is 1.15 bits per heavy atom. The molecule has 0 aliphatic carbocycles. The number of aromatic nitrogens is 2. The Balaban J connectivity index is 1.56. The van der Waals surface area contributed by atoms with Crippen molar-refractivity contribution >= 4 is 28.7 Å². The number of ether oxygens (including phenoxy) is 1. The standard InChI is InChI=1S/C23H32FN5O3S/c1-4-17(3)29(22-25-20(26-33-22)16-18-6-8-19(24)9-7-18)11-10-21(30)27-12-14-28(15-13-27)23(31)32-5-2/h6-9,17H,4-5,10-16H2,1-3H3. The highest BCUT2D eigenvalue weighted by atomic mass is 32.1. The van der Waals surface area contributed by atoms with Gasteiger partial charge in [-0.15, -0.1) is 0 Å². The zero-order valence-corrected chi connectivity index (χ0v) is 20.3. The van der Waals surface area contributed by atoms with Crippen LogP contribution in [0, 0.1) is 5.82 Å². The second-order valence-electron chi connectivity index (χ2n) is 8.06. The van der Waals surface area contributed by atoms with Gasteiger partial charge < -0.3 is 19.4 Å². The van der Waals surface area contributed by atoms with Gasteiger partial charge in [0.25, 0.3) is 0 Å². The highest BCUT2D eigenvalue weighted by Crippen LogP contribution is 2.23. The number of carbonyl (C=O) groups excluding carboxylic acids is 2. The van der Waals surface area contributed by atoms with Crippen LogP contribution >= 0.6 is 11.5 Å². The van der Waals surface area contributed by atoms with E-state index in [0.29, 0.717) is 58.0 Å². The average Bonchev–Trinajstić information content (AvgIpc) is 3.28. The molecule has 2 heterocycles. The number of hydrogen-bond donors (Lipinski definition) is 0. The smallest absolute Gasteiger partial charge is 0.409 e.